The van der Waals surface area contributed by atoms with Gasteiger partial charge in [0.2, 0.25) is 5.91 Å². The number of nitrogens with two attached hydrogens (primary N) is 1. The first kappa shape index (κ1) is 22.8. The van der Waals surface area contributed by atoms with Crippen molar-refractivity contribution < 1.29 is 9.59 Å². The number of primary amides is 1. The second-order valence-corrected chi connectivity index (χ2v) is 9.87. The zero-order valence-corrected chi connectivity index (χ0v) is 20.1. The fourth-order valence-corrected chi connectivity index (χ4v) is 4.97. The van der Waals surface area contributed by atoms with Crippen molar-refractivity contribution in [2.45, 2.75) is 52.0 Å². The molecule has 1 atom stereocenters. The van der Waals surface area contributed by atoms with Crippen LogP contribution in [0.25, 0.3) is 10.6 Å². The SMILES string of the molecule is Cc1ccc(C(C)(C)c2nccc(-c3sc(NC(=O)N4CCC[C@H]4C(N)=O)nc3C)n2)cc1. The Bertz CT molecular complexity index is 1190. The first-order chi connectivity index (χ1) is 15.7. The van der Waals surface area contributed by atoms with Crippen LogP contribution >= 0.6 is 11.3 Å². The summed E-state index contributed by atoms with van der Waals surface area (Å²) in [7, 11) is 0. The highest BCUT2D eigenvalue weighted by atomic mass is 32.1. The number of thiazole rings is 1. The Labute approximate surface area is 197 Å². The molecular formula is C24H28N6O2S. The third-order valence-corrected chi connectivity index (χ3v) is 7.17. The van der Waals surface area contributed by atoms with Crippen molar-refractivity contribution in [3.05, 3.63) is 59.2 Å². The summed E-state index contributed by atoms with van der Waals surface area (Å²) in [4.78, 5) is 40.6. The van der Waals surface area contributed by atoms with Gasteiger partial charge >= 0.3 is 6.03 Å². The van der Waals surface area contributed by atoms with Crippen molar-refractivity contribution in [2.24, 2.45) is 5.73 Å². The third kappa shape index (κ3) is 4.59. The Balaban J connectivity index is 1.58. The van der Waals surface area contributed by atoms with E-state index in [1.165, 1.54) is 21.8 Å². The van der Waals surface area contributed by atoms with Gasteiger partial charge in [-0.15, -0.1) is 0 Å². The van der Waals surface area contributed by atoms with E-state index in [0.29, 0.717) is 23.9 Å². The van der Waals surface area contributed by atoms with Gasteiger partial charge in [-0.1, -0.05) is 41.2 Å². The van der Waals surface area contributed by atoms with Crippen LogP contribution in [-0.4, -0.2) is 44.4 Å². The molecule has 4 rings (SSSR count). The van der Waals surface area contributed by atoms with E-state index in [0.717, 1.165) is 28.2 Å². The van der Waals surface area contributed by atoms with E-state index in [1.807, 2.05) is 13.0 Å². The van der Waals surface area contributed by atoms with Crippen molar-refractivity contribution in [1.29, 1.82) is 0 Å². The molecule has 0 bridgehead atoms. The molecule has 1 aliphatic rings. The van der Waals surface area contributed by atoms with Gasteiger partial charge in [-0.25, -0.2) is 19.7 Å². The van der Waals surface area contributed by atoms with Gasteiger partial charge in [0, 0.05) is 18.2 Å². The zero-order valence-electron chi connectivity index (χ0n) is 19.3. The molecule has 9 heteroatoms. The van der Waals surface area contributed by atoms with Gasteiger partial charge in [0.15, 0.2) is 5.13 Å². The van der Waals surface area contributed by atoms with Crippen molar-refractivity contribution in [3.8, 4) is 10.6 Å². The normalized spacial score (nSPS) is 16.1. The highest BCUT2D eigenvalue weighted by Gasteiger charge is 2.33. The molecule has 1 aliphatic heterocycles. The molecule has 1 aromatic carbocycles. The summed E-state index contributed by atoms with van der Waals surface area (Å²) in [6.07, 6.45) is 3.10. The summed E-state index contributed by atoms with van der Waals surface area (Å²) in [5.74, 6) is 0.229. The van der Waals surface area contributed by atoms with Crippen LogP contribution < -0.4 is 11.1 Å². The van der Waals surface area contributed by atoms with Crippen molar-refractivity contribution in [1.82, 2.24) is 19.9 Å². The standard InChI is InChI=1S/C24H28N6O2S/c1-14-7-9-16(10-8-14)24(3,4)21-26-12-11-17(28-21)19-15(2)27-22(33-19)29-23(32)30-13-5-6-18(30)20(25)31/h7-12,18H,5-6,13H2,1-4H3,(H2,25,31)(H,27,29,32)/t18-/m0/s1. The molecule has 0 aliphatic carbocycles. The minimum absolute atomic E-state index is 0.361. The maximum atomic E-state index is 12.7. The molecule has 3 N–H and O–H groups in total. The summed E-state index contributed by atoms with van der Waals surface area (Å²) in [5.41, 5.74) is 8.92. The number of hydrogen-bond donors (Lipinski definition) is 2. The number of aryl methyl sites for hydroxylation is 2. The molecule has 3 aromatic rings. The second-order valence-electron chi connectivity index (χ2n) is 8.87. The van der Waals surface area contributed by atoms with Crippen LogP contribution in [0.2, 0.25) is 0 Å². The quantitative estimate of drug-likeness (QED) is 0.592. The molecule has 0 unspecified atom stereocenters. The van der Waals surface area contributed by atoms with E-state index in [9.17, 15) is 9.59 Å². The number of amides is 3. The van der Waals surface area contributed by atoms with Gasteiger partial charge in [0.1, 0.15) is 11.9 Å². The van der Waals surface area contributed by atoms with Gasteiger partial charge < -0.3 is 10.6 Å². The van der Waals surface area contributed by atoms with Crippen LogP contribution in [0.1, 0.15) is 49.3 Å². The fraction of sp³-hybridized carbons (Fsp3) is 0.375. The molecule has 1 fully saturated rings. The van der Waals surface area contributed by atoms with Crippen molar-refractivity contribution in [2.75, 3.05) is 11.9 Å². The molecule has 33 heavy (non-hydrogen) atoms. The summed E-state index contributed by atoms with van der Waals surface area (Å²) < 4.78 is 0. The van der Waals surface area contributed by atoms with Gasteiger partial charge in [-0.2, -0.15) is 0 Å². The van der Waals surface area contributed by atoms with Gasteiger partial charge in [-0.05, 0) is 52.2 Å². The average Bonchev–Trinajstić information content (AvgIpc) is 3.41. The van der Waals surface area contributed by atoms with Gasteiger partial charge in [0.25, 0.3) is 0 Å². The number of urea groups is 1. The number of carbonyl (C=O) groups excluding carboxylic acids is 2. The molecule has 0 spiro atoms. The number of nitrogens with zero attached hydrogens (tertiary/aromatic N) is 4. The van der Waals surface area contributed by atoms with E-state index >= 15 is 0 Å². The molecule has 1 saturated heterocycles. The predicted molar refractivity (Wildman–Crippen MR) is 129 cm³/mol. The molecular weight excluding hydrogens is 436 g/mol. The van der Waals surface area contributed by atoms with Crippen LogP contribution in [-0.2, 0) is 10.2 Å². The number of nitrogens with one attached hydrogen (secondary N) is 1. The number of carbonyl (C=O) groups is 2. The van der Waals surface area contributed by atoms with Crippen molar-refractivity contribution in [3.63, 3.8) is 0 Å². The molecule has 0 radical (unpaired) electrons. The lowest BCUT2D eigenvalue weighted by molar-refractivity contribution is -0.121. The molecule has 0 saturated carbocycles. The number of likely N-dealkylation sites (tertiary alicyclic amines) is 1. The highest BCUT2D eigenvalue weighted by Crippen LogP contribution is 2.34. The number of benzene rings is 1. The predicted octanol–water partition coefficient (Wildman–Crippen LogP) is 4.02. The minimum atomic E-state index is -0.570. The minimum Gasteiger partial charge on any atom is -0.368 e. The van der Waals surface area contributed by atoms with Gasteiger partial charge in [-0.3, -0.25) is 10.1 Å². The maximum absolute atomic E-state index is 12.7. The first-order valence-electron chi connectivity index (χ1n) is 10.9. The largest absolute Gasteiger partial charge is 0.368 e. The zero-order chi connectivity index (χ0) is 23.8. The molecule has 172 valence electrons. The van der Waals surface area contributed by atoms with E-state index in [1.54, 1.807) is 6.20 Å². The second kappa shape index (κ2) is 8.90. The average molecular weight is 465 g/mol. The van der Waals surface area contributed by atoms with Crippen LogP contribution in [0.5, 0.6) is 0 Å². The third-order valence-electron chi connectivity index (χ3n) is 6.07. The van der Waals surface area contributed by atoms with Crippen LogP contribution in [0.3, 0.4) is 0 Å². The Kier molecular flexibility index (Phi) is 6.16. The number of rotatable bonds is 5. The lowest BCUT2D eigenvalue weighted by atomic mass is 9.83. The summed E-state index contributed by atoms with van der Waals surface area (Å²) in [6, 6.07) is 9.31. The van der Waals surface area contributed by atoms with Crippen molar-refractivity contribution >= 4 is 28.4 Å². The number of anilines is 1. The topological polar surface area (TPSA) is 114 Å². The Morgan fingerprint density at radius 1 is 1.15 bits per heavy atom. The van der Waals surface area contributed by atoms with Crippen LogP contribution in [0.4, 0.5) is 9.93 Å². The lowest BCUT2D eigenvalue weighted by Gasteiger charge is -2.24. The molecule has 3 amide bonds. The number of hydrogen-bond acceptors (Lipinski definition) is 6. The number of aromatic nitrogens is 3. The maximum Gasteiger partial charge on any atom is 0.324 e. The van der Waals surface area contributed by atoms with E-state index in [4.69, 9.17) is 10.7 Å². The van der Waals surface area contributed by atoms with E-state index in [-0.39, 0.29) is 11.4 Å². The Morgan fingerprint density at radius 2 is 1.88 bits per heavy atom. The monoisotopic (exact) mass is 464 g/mol. The molecule has 3 heterocycles. The van der Waals surface area contributed by atoms with E-state index in [2.05, 4.69) is 60.3 Å². The Hall–Kier alpha value is -3.33. The summed E-state index contributed by atoms with van der Waals surface area (Å²) in [5, 5.41) is 3.28. The molecule has 8 nitrogen and oxygen atoms in total. The smallest absolute Gasteiger partial charge is 0.324 e. The summed E-state index contributed by atoms with van der Waals surface area (Å²) in [6.45, 7) is 8.66. The summed E-state index contributed by atoms with van der Waals surface area (Å²) >= 11 is 1.35. The van der Waals surface area contributed by atoms with Crippen LogP contribution in [0.15, 0.2) is 36.5 Å². The fourth-order valence-electron chi connectivity index (χ4n) is 4.04. The van der Waals surface area contributed by atoms with Gasteiger partial charge in [0.05, 0.1) is 16.3 Å². The Morgan fingerprint density at radius 3 is 2.58 bits per heavy atom. The molecule has 2 aromatic heterocycles. The van der Waals surface area contributed by atoms with Crippen LogP contribution in [0, 0.1) is 13.8 Å². The highest BCUT2D eigenvalue weighted by molar-refractivity contribution is 7.19. The first-order valence-corrected chi connectivity index (χ1v) is 11.7. The lowest BCUT2D eigenvalue weighted by Crippen LogP contribution is -2.45. The van der Waals surface area contributed by atoms with E-state index < -0.39 is 11.9 Å².